The lowest BCUT2D eigenvalue weighted by Gasteiger charge is -2.19. The largest absolute Gasteiger partial charge is 0.481 e. The lowest BCUT2D eigenvalue weighted by Crippen LogP contribution is -2.47. The first-order valence-electron chi connectivity index (χ1n) is 11.4. The van der Waals surface area contributed by atoms with E-state index in [0.717, 1.165) is 11.1 Å². The Morgan fingerprint density at radius 1 is 0.743 bits per heavy atom. The van der Waals surface area contributed by atoms with Crippen molar-refractivity contribution in [2.45, 2.75) is 46.1 Å². The van der Waals surface area contributed by atoms with Crippen LogP contribution in [0.15, 0.2) is 72.8 Å². The number of carbonyl (C=O) groups is 3. The van der Waals surface area contributed by atoms with Gasteiger partial charge in [-0.25, -0.2) is 0 Å². The lowest BCUT2D eigenvalue weighted by molar-refractivity contribution is -0.128. The average Bonchev–Trinajstić information content (AvgIpc) is 2.83. The van der Waals surface area contributed by atoms with Gasteiger partial charge in [-0.15, -0.1) is 0 Å². The summed E-state index contributed by atoms with van der Waals surface area (Å²) in [5.41, 5.74) is 8.40. The molecule has 3 N–H and O–H groups in total. The van der Waals surface area contributed by atoms with Gasteiger partial charge < -0.3 is 10.1 Å². The zero-order chi connectivity index (χ0) is 25.6. The first kappa shape index (κ1) is 25.5. The van der Waals surface area contributed by atoms with Crippen molar-refractivity contribution in [1.82, 2.24) is 10.9 Å². The van der Waals surface area contributed by atoms with Crippen molar-refractivity contribution in [3.8, 4) is 5.75 Å². The van der Waals surface area contributed by atoms with Crippen LogP contribution >= 0.6 is 0 Å². The second-order valence-electron chi connectivity index (χ2n) is 9.38. The fourth-order valence-corrected chi connectivity index (χ4v) is 3.20. The maximum absolute atomic E-state index is 12.5. The van der Waals surface area contributed by atoms with E-state index >= 15 is 0 Å². The van der Waals surface area contributed by atoms with Crippen LogP contribution in [0.4, 0.5) is 5.69 Å². The second-order valence-corrected chi connectivity index (χ2v) is 9.38. The molecular weight excluding hydrogens is 442 g/mol. The highest BCUT2D eigenvalue weighted by Crippen LogP contribution is 2.22. The van der Waals surface area contributed by atoms with E-state index in [9.17, 15) is 14.4 Å². The smallest absolute Gasteiger partial charge is 0.279 e. The molecule has 0 aliphatic carbocycles. The molecule has 3 rings (SSSR count). The number of hydrogen-bond acceptors (Lipinski definition) is 4. The molecule has 7 heteroatoms. The van der Waals surface area contributed by atoms with Crippen molar-refractivity contribution in [1.29, 1.82) is 0 Å². The zero-order valence-electron chi connectivity index (χ0n) is 20.6. The first-order chi connectivity index (χ1) is 16.5. The fourth-order valence-electron chi connectivity index (χ4n) is 3.20. The van der Waals surface area contributed by atoms with Gasteiger partial charge in [-0.2, -0.15) is 0 Å². The Balaban J connectivity index is 1.50. The maximum atomic E-state index is 12.5. The number of amides is 3. The highest BCUT2D eigenvalue weighted by molar-refractivity contribution is 6.04. The van der Waals surface area contributed by atoms with Crippen LogP contribution < -0.4 is 20.9 Å². The molecule has 0 radical (unpaired) electrons. The minimum atomic E-state index is -0.798. The molecule has 7 nitrogen and oxygen atoms in total. The summed E-state index contributed by atoms with van der Waals surface area (Å²) < 4.78 is 5.58. The molecule has 3 aromatic carbocycles. The Morgan fingerprint density at radius 3 is 1.86 bits per heavy atom. The minimum Gasteiger partial charge on any atom is -0.481 e. The van der Waals surface area contributed by atoms with Crippen molar-refractivity contribution >= 4 is 23.4 Å². The van der Waals surface area contributed by atoms with Crippen molar-refractivity contribution in [3.63, 3.8) is 0 Å². The van der Waals surface area contributed by atoms with Crippen LogP contribution in [0.25, 0.3) is 0 Å². The van der Waals surface area contributed by atoms with Gasteiger partial charge in [0.05, 0.1) is 0 Å². The number of aryl methyl sites for hydroxylation is 1. The molecule has 0 bridgehead atoms. The van der Waals surface area contributed by atoms with Gasteiger partial charge in [0, 0.05) is 16.8 Å². The lowest BCUT2D eigenvalue weighted by atomic mass is 9.87. The van der Waals surface area contributed by atoms with E-state index in [0.29, 0.717) is 22.6 Å². The van der Waals surface area contributed by atoms with Crippen molar-refractivity contribution in [2.75, 3.05) is 5.32 Å². The highest BCUT2D eigenvalue weighted by Gasteiger charge is 2.17. The van der Waals surface area contributed by atoms with Crippen LogP contribution in [-0.2, 0) is 10.2 Å². The molecule has 182 valence electrons. The molecule has 3 aromatic rings. The Labute approximate surface area is 205 Å². The number of hydrazine groups is 1. The Hall–Kier alpha value is -4.13. The molecule has 1 unspecified atom stereocenters. The average molecular weight is 474 g/mol. The third kappa shape index (κ3) is 7.17. The summed E-state index contributed by atoms with van der Waals surface area (Å²) in [5.74, 6) is -0.651. The van der Waals surface area contributed by atoms with E-state index in [2.05, 4.69) is 36.9 Å². The van der Waals surface area contributed by atoms with Crippen molar-refractivity contribution in [2.24, 2.45) is 0 Å². The summed E-state index contributed by atoms with van der Waals surface area (Å²) >= 11 is 0. The molecule has 0 saturated carbocycles. The van der Waals surface area contributed by atoms with Gasteiger partial charge in [0.1, 0.15) is 5.75 Å². The number of benzene rings is 3. The van der Waals surface area contributed by atoms with E-state index in [1.54, 1.807) is 55.5 Å². The Kier molecular flexibility index (Phi) is 7.91. The van der Waals surface area contributed by atoms with Gasteiger partial charge in [-0.1, -0.05) is 50.6 Å². The van der Waals surface area contributed by atoms with Crippen LogP contribution in [0, 0.1) is 6.92 Å². The van der Waals surface area contributed by atoms with E-state index in [1.807, 2.05) is 31.2 Å². The predicted molar refractivity (Wildman–Crippen MR) is 136 cm³/mol. The molecule has 1 atom stereocenters. The summed E-state index contributed by atoms with van der Waals surface area (Å²) in [7, 11) is 0. The van der Waals surface area contributed by atoms with Gasteiger partial charge in [0.15, 0.2) is 6.10 Å². The summed E-state index contributed by atoms with van der Waals surface area (Å²) in [6.07, 6.45) is -0.798. The quantitative estimate of drug-likeness (QED) is 0.449. The van der Waals surface area contributed by atoms with Crippen LogP contribution in [0.5, 0.6) is 5.75 Å². The predicted octanol–water partition coefficient (Wildman–Crippen LogP) is 4.77. The van der Waals surface area contributed by atoms with Crippen LogP contribution in [0.1, 0.15) is 59.5 Å². The molecule has 3 amide bonds. The number of hydrogen-bond donors (Lipinski definition) is 3. The third-order valence-corrected chi connectivity index (χ3v) is 5.42. The second kappa shape index (κ2) is 10.9. The summed E-state index contributed by atoms with van der Waals surface area (Å²) in [4.78, 5) is 37.2. The normalized spacial score (nSPS) is 11.8. The zero-order valence-corrected chi connectivity index (χ0v) is 20.6. The van der Waals surface area contributed by atoms with E-state index in [1.165, 1.54) is 0 Å². The van der Waals surface area contributed by atoms with Crippen molar-refractivity contribution in [3.05, 3.63) is 95.1 Å². The molecule has 0 fully saturated rings. The van der Waals surface area contributed by atoms with E-state index < -0.39 is 17.9 Å². The van der Waals surface area contributed by atoms with E-state index in [-0.39, 0.29) is 11.3 Å². The monoisotopic (exact) mass is 473 g/mol. The highest BCUT2D eigenvalue weighted by atomic mass is 16.5. The van der Waals surface area contributed by atoms with Crippen molar-refractivity contribution < 1.29 is 19.1 Å². The number of anilines is 1. The summed E-state index contributed by atoms with van der Waals surface area (Å²) in [6, 6.07) is 21.2. The van der Waals surface area contributed by atoms with Gasteiger partial charge in [-0.05, 0) is 73.4 Å². The van der Waals surface area contributed by atoms with Crippen LogP contribution in [0.2, 0.25) is 0 Å². The third-order valence-electron chi connectivity index (χ3n) is 5.42. The molecule has 35 heavy (non-hydrogen) atoms. The van der Waals surface area contributed by atoms with Gasteiger partial charge in [0.25, 0.3) is 17.7 Å². The SMILES string of the molecule is Cc1ccc(OC(C)C(=O)NNC(=O)c2ccc(NC(=O)c3ccc(C(C)(C)C)cc3)cc2)cc1. The fraction of sp³-hybridized carbons (Fsp3) is 0.250. The van der Waals surface area contributed by atoms with Crippen LogP contribution in [0.3, 0.4) is 0 Å². The van der Waals surface area contributed by atoms with E-state index in [4.69, 9.17) is 4.74 Å². The number of ether oxygens (including phenoxy) is 1. The molecular formula is C28H31N3O4. The Morgan fingerprint density at radius 2 is 1.29 bits per heavy atom. The summed E-state index contributed by atoms with van der Waals surface area (Å²) in [6.45, 7) is 9.90. The van der Waals surface area contributed by atoms with Gasteiger partial charge in [0.2, 0.25) is 0 Å². The van der Waals surface area contributed by atoms with Gasteiger partial charge in [-0.3, -0.25) is 25.2 Å². The number of carbonyl (C=O) groups excluding carboxylic acids is 3. The van der Waals surface area contributed by atoms with Gasteiger partial charge >= 0.3 is 0 Å². The molecule has 0 heterocycles. The number of rotatable bonds is 6. The molecule has 0 aromatic heterocycles. The summed E-state index contributed by atoms with van der Waals surface area (Å²) in [5, 5.41) is 2.82. The number of nitrogens with one attached hydrogen (secondary N) is 3. The van der Waals surface area contributed by atoms with Crippen LogP contribution in [-0.4, -0.2) is 23.8 Å². The molecule has 0 saturated heterocycles. The first-order valence-corrected chi connectivity index (χ1v) is 11.4. The molecule has 0 spiro atoms. The Bertz CT molecular complexity index is 1180. The topological polar surface area (TPSA) is 96.5 Å². The maximum Gasteiger partial charge on any atom is 0.279 e. The molecule has 0 aliphatic heterocycles. The minimum absolute atomic E-state index is 0.0110. The standard InChI is InChI=1S/C28H31N3O4/c1-18-6-16-24(17-7-18)35-19(2)25(32)30-31-27(34)21-10-14-23(15-11-21)29-26(33)20-8-12-22(13-9-20)28(3,4)5/h6-17,19H,1-5H3,(H,29,33)(H,30,32)(H,31,34). The molecule has 0 aliphatic rings.